The highest BCUT2D eigenvalue weighted by Gasteiger charge is 2.29. The predicted molar refractivity (Wildman–Crippen MR) is 130 cm³/mol. The van der Waals surface area contributed by atoms with Crippen LogP contribution in [0.15, 0.2) is 29.4 Å². The lowest BCUT2D eigenvalue weighted by atomic mass is 9.88. The topological polar surface area (TPSA) is 101 Å². The normalized spacial score (nSPS) is 15.8. The van der Waals surface area contributed by atoms with Crippen molar-refractivity contribution in [1.82, 2.24) is 19.6 Å². The molecule has 0 spiro atoms. The number of para-hydroxylation sites is 2. The molecule has 5 rings (SSSR count). The van der Waals surface area contributed by atoms with Gasteiger partial charge in [-0.05, 0) is 56.7 Å². The molecule has 10 heteroatoms. The van der Waals surface area contributed by atoms with Crippen LogP contribution in [-0.4, -0.2) is 43.3 Å². The summed E-state index contributed by atoms with van der Waals surface area (Å²) in [5.41, 5.74) is 3.36. The molecular formula is C23H25N5O3S2. The van der Waals surface area contributed by atoms with Crippen LogP contribution in [0.25, 0.3) is 16.8 Å². The summed E-state index contributed by atoms with van der Waals surface area (Å²) in [4.78, 5) is 31.4. The van der Waals surface area contributed by atoms with E-state index in [9.17, 15) is 9.59 Å². The Morgan fingerprint density at radius 1 is 1.36 bits per heavy atom. The Morgan fingerprint density at radius 3 is 3.00 bits per heavy atom. The smallest absolute Gasteiger partial charge is 0.341 e. The van der Waals surface area contributed by atoms with Gasteiger partial charge in [-0.2, -0.15) is 0 Å². The largest absolute Gasteiger partial charge is 0.459 e. The summed E-state index contributed by atoms with van der Waals surface area (Å²) in [7, 11) is 0. The Kier molecular flexibility index (Phi) is 5.88. The standard InChI is InChI=1S/C23H25N5O3S2/c1-12(2)31-21(30)19-14-9-8-13(3)10-17(14)33-20(19)25-18(29)11-32-23-27-26-22-24-15-6-4-5-7-16(15)28(22)23/h4-7,12-13H,8-11H2,1-3H3,(H,24,26)(H,25,29). The van der Waals surface area contributed by atoms with Crippen molar-refractivity contribution in [2.24, 2.45) is 5.92 Å². The summed E-state index contributed by atoms with van der Waals surface area (Å²) >= 11 is 2.82. The summed E-state index contributed by atoms with van der Waals surface area (Å²) in [5, 5.41) is 11.5. The first kappa shape index (κ1) is 22.0. The van der Waals surface area contributed by atoms with E-state index in [4.69, 9.17) is 4.74 Å². The molecular weight excluding hydrogens is 458 g/mol. The molecule has 0 fully saturated rings. The molecule has 1 unspecified atom stereocenters. The average molecular weight is 484 g/mol. The molecule has 3 aromatic heterocycles. The zero-order valence-electron chi connectivity index (χ0n) is 18.7. The number of benzene rings is 1. The second-order valence-corrected chi connectivity index (χ2v) is 10.7. The van der Waals surface area contributed by atoms with Gasteiger partial charge in [0.15, 0.2) is 5.16 Å². The summed E-state index contributed by atoms with van der Waals surface area (Å²) in [6.07, 6.45) is 2.56. The van der Waals surface area contributed by atoms with Gasteiger partial charge < -0.3 is 10.1 Å². The van der Waals surface area contributed by atoms with Crippen molar-refractivity contribution in [2.45, 2.75) is 51.3 Å². The van der Waals surface area contributed by atoms with Crippen molar-refractivity contribution in [3.63, 3.8) is 0 Å². The maximum atomic E-state index is 12.9. The minimum atomic E-state index is -0.362. The van der Waals surface area contributed by atoms with Crippen LogP contribution in [0.1, 0.15) is 48.0 Å². The average Bonchev–Trinajstić information content (AvgIpc) is 3.42. The van der Waals surface area contributed by atoms with Gasteiger partial charge in [0.1, 0.15) is 5.00 Å². The molecule has 0 saturated carbocycles. The van der Waals surface area contributed by atoms with Gasteiger partial charge >= 0.3 is 5.97 Å². The molecule has 1 atom stereocenters. The van der Waals surface area contributed by atoms with E-state index in [1.54, 1.807) is 0 Å². The fourth-order valence-electron chi connectivity index (χ4n) is 4.16. The summed E-state index contributed by atoms with van der Waals surface area (Å²) in [6.45, 7) is 5.88. The highest BCUT2D eigenvalue weighted by atomic mass is 32.2. The Morgan fingerprint density at radius 2 is 2.18 bits per heavy atom. The molecule has 1 aromatic carbocycles. The first-order valence-corrected chi connectivity index (χ1v) is 12.8. The van der Waals surface area contributed by atoms with Crippen LogP contribution in [0.3, 0.4) is 0 Å². The number of ether oxygens (including phenoxy) is 1. The lowest BCUT2D eigenvalue weighted by Crippen LogP contribution is -2.19. The van der Waals surface area contributed by atoms with E-state index >= 15 is 0 Å². The van der Waals surface area contributed by atoms with Crippen molar-refractivity contribution in [2.75, 3.05) is 11.1 Å². The van der Waals surface area contributed by atoms with Crippen LogP contribution >= 0.6 is 23.1 Å². The number of anilines is 1. The van der Waals surface area contributed by atoms with Gasteiger partial charge in [-0.15, -0.1) is 16.4 Å². The first-order valence-electron chi connectivity index (χ1n) is 11.0. The van der Waals surface area contributed by atoms with Gasteiger partial charge in [-0.3, -0.25) is 9.20 Å². The van der Waals surface area contributed by atoms with Gasteiger partial charge in [-0.1, -0.05) is 30.8 Å². The number of aromatic nitrogens is 4. The lowest BCUT2D eigenvalue weighted by Gasteiger charge is -2.18. The second kappa shape index (κ2) is 8.83. The van der Waals surface area contributed by atoms with Crippen LogP contribution in [-0.2, 0) is 22.4 Å². The molecule has 0 aliphatic heterocycles. The van der Waals surface area contributed by atoms with Crippen molar-refractivity contribution >= 4 is 56.8 Å². The Bertz CT molecular complexity index is 1350. The van der Waals surface area contributed by atoms with E-state index in [1.807, 2.05) is 42.5 Å². The monoisotopic (exact) mass is 483 g/mol. The minimum Gasteiger partial charge on any atom is -0.459 e. The number of esters is 1. The molecule has 8 nitrogen and oxygen atoms in total. The maximum Gasteiger partial charge on any atom is 0.341 e. The van der Waals surface area contributed by atoms with Crippen molar-refractivity contribution < 1.29 is 14.3 Å². The number of imidazole rings is 1. The third-order valence-corrected chi connectivity index (χ3v) is 7.76. The van der Waals surface area contributed by atoms with Gasteiger partial charge in [-0.25, -0.2) is 14.9 Å². The summed E-state index contributed by atoms with van der Waals surface area (Å²) in [6, 6.07) is 7.79. The van der Waals surface area contributed by atoms with E-state index in [0.717, 1.165) is 35.9 Å². The fourth-order valence-corrected chi connectivity index (χ4v) is 6.33. The lowest BCUT2D eigenvalue weighted by molar-refractivity contribution is -0.113. The Balaban J connectivity index is 1.36. The van der Waals surface area contributed by atoms with E-state index < -0.39 is 0 Å². The zero-order valence-corrected chi connectivity index (χ0v) is 20.3. The number of carbonyl (C=O) groups is 2. The quantitative estimate of drug-likeness (QED) is 0.305. The number of thiophene rings is 1. The fraction of sp³-hybridized carbons (Fsp3) is 0.391. The molecule has 2 N–H and O–H groups in total. The molecule has 1 aliphatic carbocycles. The molecule has 172 valence electrons. The van der Waals surface area contributed by atoms with Crippen molar-refractivity contribution in [3.8, 4) is 0 Å². The molecule has 1 amide bonds. The minimum absolute atomic E-state index is 0.157. The number of aromatic amines is 1. The molecule has 0 bridgehead atoms. The van der Waals surface area contributed by atoms with Gasteiger partial charge in [0, 0.05) is 4.88 Å². The second-order valence-electron chi connectivity index (χ2n) is 8.61. The van der Waals surface area contributed by atoms with E-state index in [1.165, 1.54) is 28.0 Å². The number of fused-ring (bicyclic) bond motifs is 4. The van der Waals surface area contributed by atoms with Crippen LogP contribution in [0.5, 0.6) is 0 Å². The highest BCUT2D eigenvalue weighted by Crippen LogP contribution is 2.40. The van der Waals surface area contributed by atoms with E-state index in [2.05, 4.69) is 27.4 Å². The molecule has 3 heterocycles. The molecule has 1 aliphatic rings. The van der Waals surface area contributed by atoms with Crippen LogP contribution in [0.4, 0.5) is 5.00 Å². The third-order valence-electron chi connectivity index (χ3n) is 5.65. The number of rotatable bonds is 6. The van der Waals surface area contributed by atoms with E-state index in [0.29, 0.717) is 27.4 Å². The maximum absolute atomic E-state index is 12.9. The van der Waals surface area contributed by atoms with Crippen LogP contribution < -0.4 is 5.32 Å². The number of nitrogens with one attached hydrogen (secondary N) is 2. The van der Waals surface area contributed by atoms with Gasteiger partial charge in [0.25, 0.3) is 0 Å². The molecule has 0 radical (unpaired) electrons. The molecule has 33 heavy (non-hydrogen) atoms. The Hall–Kier alpha value is -2.85. The van der Waals surface area contributed by atoms with Gasteiger partial charge in [0.2, 0.25) is 11.7 Å². The number of nitrogens with zero attached hydrogens (tertiary/aromatic N) is 3. The SMILES string of the molecule is CC1CCc2c(sc(NC(=O)CSc3n[nH]c4nc5ccccc5n34)c2C(=O)OC(C)C)C1. The number of carbonyl (C=O) groups excluding carboxylic acids is 2. The first-order chi connectivity index (χ1) is 15.9. The van der Waals surface area contributed by atoms with Crippen LogP contribution in [0.2, 0.25) is 0 Å². The van der Waals surface area contributed by atoms with E-state index in [-0.39, 0.29) is 23.7 Å². The molecule has 0 saturated heterocycles. The summed E-state index contributed by atoms with van der Waals surface area (Å²) in [5.74, 6) is 0.809. The van der Waals surface area contributed by atoms with Gasteiger partial charge in [0.05, 0.1) is 28.5 Å². The molecule has 4 aromatic rings. The van der Waals surface area contributed by atoms with Crippen molar-refractivity contribution in [1.29, 1.82) is 0 Å². The van der Waals surface area contributed by atoms with Crippen molar-refractivity contribution in [3.05, 3.63) is 40.3 Å². The number of hydrogen-bond donors (Lipinski definition) is 2. The number of H-pyrrole nitrogens is 1. The number of thioether (sulfide) groups is 1. The predicted octanol–water partition coefficient (Wildman–Crippen LogP) is 4.69. The number of amides is 1. The zero-order chi connectivity index (χ0) is 23.1. The highest BCUT2D eigenvalue weighted by molar-refractivity contribution is 7.99. The third kappa shape index (κ3) is 4.24. The Labute approximate surface area is 199 Å². The summed E-state index contributed by atoms with van der Waals surface area (Å²) < 4.78 is 7.40. The number of hydrogen-bond acceptors (Lipinski definition) is 7. The van der Waals surface area contributed by atoms with Crippen LogP contribution in [0, 0.1) is 5.92 Å².